The van der Waals surface area contributed by atoms with Crippen LogP contribution in [0.3, 0.4) is 0 Å². The number of hydrogen-bond acceptors (Lipinski definition) is 6. The number of aliphatic imine (C=N–C) groups is 2. The number of hydrogen-bond donors (Lipinski definition) is 1. The van der Waals surface area contributed by atoms with Gasteiger partial charge in [-0.2, -0.15) is 5.10 Å². The lowest BCUT2D eigenvalue weighted by Crippen LogP contribution is -2.46. The zero-order valence-electron chi connectivity index (χ0n) is 25.7. The van der Waals surface area contributed by atoms with Gasteiger partial charge in [0.15, 0.2) is 17.5 Å². The van der Waals surface area contributed by atoms with E-state index in [0.29, 0.717) is 12.4 Å². The van der Waals surface area contributed by atoms with Crippen LogP contribution < -0.4 is 15.0 Å². The summed E-state index contributed by atoms with van der Waals surface area (Å²) in [6.07, 6.45) is 0. The molecular formula is C37H36N6O. The average molecular weight is 581 g/mol. The Morgan fingerprint density at radius 1 is 0.818 bits per heavy atom. The minimum Gasteiger partial charge on any atom is -0.492 e. The highest BCUT2D eigenvalue weighted by molar-refractivity contribution is 6.51. The molecule has 0 radical (unpaired) electrons. The van der Waals surface area contributed by atoms with Crippen molar-refractivity contribution in [3.05, 3.63) is 126 Å². The van der Waals surface area contributed by atoms with Gasteiger partial charge >= 0.3 is 0 Å². The van der Waals surface area contributed by atoms with Crippen LogP contribution in [0.4, 0.5) is 22.9 Å². The summed E-state index contributed by atoms with van der Waals surface area (Å²) in [5.41, 5.74) is 8.17. The number of amidine groups is 2. The fraction of sp³-hybridized carbons (Fsp3) is 0.216. The lowest BCUT2D eigenvalue weighted by molar-refractivity contribution is 0.342. The SMILES string of the molecule is CCOc1ccccc1NC1=Nc2ccccc2N2C1=Nc1c(c(C)nn1-c1ccccc1)C2c1ccc(C(C)(C)C)cc1. The van der Waals surface area contributed by atoms with Crippen LogP contribution in [0.5, 0.6) is 5.75 Å². The van der Waals surface area contributed by atoms with E-state index in [2.05, 4.69) is 92.5 Å². The van der Waals surface area contributed by atoms with E-state index >= 15 is 0 Å². The Morgan fingerprint density at radius 3 is 2.27 bits per heavy atom. The van der Waals surface area contributed by atoms with Gasteiger partial charge in [0.2, 0.25) is 0 Å². The highest BCUT2D eigenvalue weighted by Gasteiger charge is 2.41. The minimum absolute atomic E-state index is 0.0480. The third kappa shape index (κ3) is 4.74. The zero-order valence-corrected chi connectivity index (χ0v) is 25.7. The Labute approximate surface area is 258 Å². The van der Waals surface area contributed by atoms with Gasteiger partial charge in [-0.3, -0.25) is 0 Å². The highest BCUT2D eigenvalue weighted by Crippen LogP contribution is 2.48. The Balaban J connectivity index is 1.47. The summed E-state index contributed by atoms with van der Waals surface area (Å²) in [5.74, 6) is 2.94. The predicted octanol–water partition coefficient (Wildman–Crippen LogP) is 8.67. The molecule has 4 aromatic carbocycles. The van der Waals surface area contributed by atoms with Gasteiger partial charge in [0.1, 0.15) is 5.75 Å². The molecule has 220 valence electrons. The van der Waals surface area contributed by atoms with Gasteiger partial charge in [-0.1, -0.05) is 87.5 Å². The van der Waals surface area contributed by atoms with Crippen LogP contribution in [0, 0.1) is 6.92 Å². The monoisotopic (exact) mass is 580 g/mol. The molecule has 1 atom stereocenters. The predicted molar refractivity (Wildman–Crippen MR) is 180 cm³/mol. The summed E-state index contributed by atoms with van der Waals surface area (Å²) in [4.78, 5) is 12.8. The zero-order chi connectivity index (χ0) is 30.4. The molecule has 2 aliphatic rings. The number of nitrogens with one attached hydrogen (secondary N) is 1. The number of rotatable bonds is 5. The Bertz CT molecular complexity index is 1900. The van der Waals surface area contributed by atoms with Crippen LogP contribution in [0.1, 0.15) is 56.1 Å². The van der Waals surface area contributed by atoms with Crippen molar-refractivity contribution >= 4 is 34.6 Å². The summed E-state index contributed by atoms with van der Waals surface area (Å²) < 4.78 is 7.92. The first-order valence-electron chi connectivity index (χ1n) is 15.1. The maximum atomic E-state index is 5.96. The lowest BCUT2D eigenvalue weighted by atomic mass is 9.85. The summed E-state index contributed by atoms with van der Waals surface area (Å²) in [6, 6.07) is 35.2. The van der Waals surface area contributed by atoms with Crippen LogP contribution in [0.2, 0.25) is 0 Å². The van der Waals surface area contributed by atoms with Crippen molar-refractivity contribution in [2.45, 2.75) is 46.1 Å². The standard InChI is InChI=1S/C37H36N6O/c1-6-44-31-19-13-11-17-29(31)39-34-36-40-35-32(24(2)41-43(35)27-14-8-7-9-15-27)33(25-20-22-26(23-21-25)37(3,4)5)42(36)30-18-12-10-16-28(30)38-34/h7-23,33H,6H2,1-5H3,(H,38,39). The molecule has 5 aromatic rings. The molecule has 0 bridgehead atoms. The molecule has 44 heavy (non-hydrogen) atoms. The number of para-hydroxylation sites is 5. The van der Waals surface area contributed by atoms with Crippen LogP contribution in [-0.4, -0.2) is 28.1 Å². The quantitative estimate of drug-likeness (QED) is 0.226. The Hall–Kier alpha value is -5.17. The molecule has 0 spiro atoms. The fourth-order valence-electron chi connectivity index (χ4n) is 6.01. The molecule has 0 aliphatic carbocycles. The van der Waals surface area contributed by atoms with E-state index in [1.807, 2.05) is 60.1 Å². The van der Waals surface area contributed by atoms with Crippen molar-refractivity contribution in [3.63, 3.8) is 0 Å². The third-order valence-electron chi connectivity index (χ3n) is 8.17. The van der Waals surface area contributed by atoms with E-state index in [-0.39, 0.29) is 11.5 Å². The van der Waals surface area contributed by atoms with Gasteiger partial charge in [0.25, 0.3) is 0 Å². The number of aromatic nitrogens is 2. The van der Waals surface area contributed by atoms with Gasteiger partial charge in [-0.25, -0.2) is 14.7 Å². The van der Waals surface area contributed by atoms with Crippen molar-refractivity contribution in [1.29, 1.82) is 0 Å². The fourth-order valence-corrected chi connectivity index (χ4v) is 6.01. The number of ether oxygens (including phenoxy) is 1. The van der Waals surface area contributed by atoms with Gasteiger partial charge in [0.05, 0.1) is 41.1 Å². The number of aryl methyl sites for hydroxylation is 1. The maximum absolute atomic E-state index is 5.96. The highest BCUT2D eigenvalue weighted by atomic mass is 16.5. The molecule has 2 aliphatic heterocycles. The van der Waals surface area contributed by atoms with Crippen molar-refractivity contribution in [2.75, 3.05) is 16.8 Å². The molecular weight excluding hydrogens is 544 g/mol. The maximum Gasteiger partial charge on any atom is 0.179 e. The van der Waals surface area contributed by atoms with Crippen LogP contribution >= 0.6 is 0 Å². The molecule has 1 N–H and O–H groups in total. The number of fused-ring (bicyclic) bond motifs is 4. The first kappa shape index (κ1) is 27.7. The van der Waals surface area contributed by atoms with E-state index in [0.717, 1.165) is 57.0 Å². The van der Waals surface area contributed by atoms with E-state index in [1.54, 1.807) is 0 Å². The summed E-state index contributed by atoms with van der Waals surface area (Å²) in [5, 5.41) is 8.65. The van der Waals surface area contributed by atoms with E-state index in [4.69, 9.17) is 19.8 Å². The normalized spacial score (nSPS) is 15.5. The summed E-state index contributed by atoms with van der Waals surface area (Å²) >= 11 is 0. The molecule has 3 heterocycles. The van der Waals surface area contributed by atoms with Crippen LogP contribution in [0.15, 0.2) is 113 Å². The summed E-state index contributed by atoms with van der Waals surface area (Å²) in [6.45, 7) is 11.4. The second-order valence-electron chi connectivity index (χ2n) is 12.2. The molecule has 0 amide bonds. The van der Waals surface area contributed by atoms with Crippen LogP contribution in [-0.2, 0) is 5.41 Å². The lowest BCUT2D eigenvalue weighted by Gasteiger charge is -2.40. The second-order valence-corrected chi connectivity index (χ2v) is 12.2. The number of anilines is 2. The molecule has 7 rings (SSSR count). The minimum atomic E-state index is -0.181. The van der Waals surface area contributed by atoms with E-state index < -0.39 is 0 Å². The van der Waals surface area contributed by atoms with Crippen LogP contribution in [0.25, 0.3) is 5.69 Å². The largest absolute Gasteiger partial charge is 0.492 e. The smallest absolute Gasteiger partial charge is 0.179 e. The summed E-state index contributed by atoms with van der Waals surface area (Å²) in [7, 11) is 0. The van der Waals surface area contributed by atoms with Crippen molar-refractivity contribution in [2.24, 2.45) is 9.98 Å². The molecule has 0 fully saturated rings. The average Bonchev–Trinajstić information content (AvgIpc) is 3.37. The van der Waals surface area contributed by atoms with E-state index in [1.165, 1.54) is 5.56 Å². The topological polar surface area (TPSA) is 67.0 Å². The van der Waals surface area contributed by atoms with Crippen molar-refractivity contribution in [1.82, 2.24) is 9.78 Å². The van der Waals surface area contributed by atoms with E-state index in [9.17, 15) is 0 Å². The van der Waals surface area contributed by atoms with Crippen molar-refractivity contribution in [3.8, 4) is 11.4 Å². The third-order valence-corrected chi connectivity index (χ3v) is 8.17. The molecule has 1 aromatic heterocycles. The van der Waals surface area contributed by atoms with Crippen molar-refractivity contribution < 1.29 is 4.74 Å². The Morgan fingerprint density at radius 2 is 1.52 bits per heavy atom. The van der Waals surface area contributed by atoms with Gasteiger partial charge in [0, 0.05) is 5.56 Å². The molecule has 0 saturated carbocycles. The Kier molecular flexibility index (Phi) is 6.81. The first-order valence-corrected chi connectivity index (χ1v) is 15.1. The van der Waals surface area contributed by atoms with Gasteiger partial charge < -0.3 is 15.0 Å². The van der Waals surface area contributed by atoms with Gasteiger partial charge in [-0.05, 0) is 66.8 Å². The number of nitrogens with zero attached hydrogens (tertiary/aromatic N) is 5. The number of benzene rings is 4. The van der Waals surface area contributed by atoms with Gasteiger partial charge in [-0.15, -0.1) is 0 Å². The molecule has 7 nitrogen and oxygen atoms in total. The molecule has 1 unspecified atom stereocenters. The molecule has 7 heteroatoms. The second kappa shape index (κ2) is 10.8. The first-order chi connectivity index (χ1) is 21.3. The molecule has 0 saturated heterocycles.